The molecule has 0 aliphatic rings. The fraction of sp³-hybridized carbons (Fsp3) is 0.333. The lowest BCUT2D eigenvalue weighted by atomic mass is 10.1. The second-order valence-electron chi connectivity index (χ2n) is 6.93. The number of carbonyl (C=O) groups is 3. The van der Waals surface area contributed by atoms with Crippen molar-refractivity contribution in [2.75, 3.05) is 0 Å². The summed E-state index contributed by atoms with van der Waals surface area (Å²) in [5.74, 6) is -2.32. The minimum atomic E-state index is -1.22. The Kier molecular flexibility index (Phi) is 7.74. The topological polar surface area (TPSA) is 124 Å². The van der Waals surface area contributed by atoms with Gasteiger partial charge in [-0.3, -0.25) is 9.36 Å². The molecule has 0 radical (unpaired) electrons. The fourth-order valence-electron chi connectivity index (χ4n) is 2.60. The Balaban J connectivity index is 2.03. The number of esters is 1. The number of ether oxygens (including phenoxy) is 2. The van der Waals surface area contributed by atoms with E-state index in [-0.39, 0.29) is 18.1 Å². The summed E-state index contributed by atoms with van der Waals surface area (Å²) in [4.78, 5) is 47.8. The molecule has 9 nitrogen and oxygen atoms in total. The van der Waals surface area contributed by atoms with Gasteiger partial charge in [0.05, 0.1) is 5.56 Å². The highest BCUT2D eigenvalue weighted by Gasteiger charge is 2.28. The second kappa shape index (κ2) is 10.2. The first-order valence-electron chi connectivity index (χ1n) is 9.32. The molecule has 0 spiro atoms. The largest absolute Gasteiger partial charge is 0.478 e. The molecule has 0 aliphatic carbocycles. The van der Waals surface area contributed by atoms with Crippen molar-refractivity contribution in [3.8, 4) is 0 Å². The molecule has 1 aromatic heterocycles. The first-order chi connectivity index (χ1) is 14.2. The monoisotopic (exact) mass is 416 g/mol. The predicted octanol–water partition coefficient (Wildman–Crippen LogP) is 2.56. The number of carboxylic acid groups (broad SMARTS) is 1. The Hall–Kier alpha value is -3.62. The smallest absolute Gasteiger partial charge is 0.408 e. The molecule has 2 rings (SSSR count). The molecule has 9 heteroatoms. The molecule has 1 aromatic carbocycles. The summed E-state index contributed by atoms with van der Waals surface area (Å²) in [7, 11) is 0. The minimum Gasteiger partial charge on any atom is -0.478 e. The number of rotatable bonds is 8. The van der Waals surface area contributed by atoms with Gasteiger partial charge in [0.2, 0.25) is 0 Å². The van der Waals surface area contributed by atoms with Gasteiger partial charge >= 0.3 is 18.0 Å². The van der Waals surface area contributed by atoms with Crippen LogP contribution in [0.15, 0.2) is 53.5 Å². The Morgan fingerprint density at radius 1 is 1.07 bits per heavy atom. The molecule has 1 amide bonds. The molecule has 2 N–H and O–H groups in total. The molecular weight excluding hydrogens is 392 g/mol. The molecule has 1 unspecified atom stereocenters. The van der Waals surface area contributed by atoms with Gasteiger partial charge < -0.3 is 19.9 Å². The number of carboxylic acids is 1. The molecule has 0 saturated carbocycles. The fourth-order valence-corrected chi connectivity index (χ4v) is 2.60. The number of hydrogen-bond donors (Lipinski definition) is 2. The number of aromatic carboxylic acids is 1. The van der Waals surface area contributed by atoms with Crippen LogP contribution in [0.2, 0.25) is 0 Å². The van der Waals surface area contributed by atoms with Gasteiger partial charge in [0.15, 0.2) is 6.23 Å². The number of aromatic nitrogens is 1. The lowest BCUT2D eigenvalue weighted by Gasteiger charge is -2.23. The predicted molar refractivity (Wildman–Crippen MR) is 107 cm³/mol. The van der Waals surface area contributed by atoms with E-state index in [0.717, 1.165) is 28.5 Å². The lowest BCUT2D eigenvalue weighted by Crippen LogP contribution is -2.46. The quantitative estimate of drug-likeness (QED) is 0.634. The van der Waals surface area contributed by atoms with Crippen molar-refractivity contribution in [1.29, 1.82) is 0 Å². The van der Waals surface area contributed by atoms with Crippen LogP contribution in [-0.4, -0.2) is 33.7 Å². The van der Waals surface area contributed by atoms with Crippen LogP contribution in [0.5, 0.6) is 0 Å². The van der Waals surface area contributed by atoms with Gasteiger partial charge in [0.1, 0.15) is 12.6 Å². The highest BCUT2D eigenvalue weighted by atomic mass is 16.6. The average Bonchev–Trinajstić information content (AvgIpc) is 2.70. The van der Waals surface area contributed by atoms with E-state index in [0.29, 0.717) is 0 Å². The van der Waals surface area contributed by atoms with E-state index >= 15 is 0 Å². The number of nitrogens with one attached hydrogen (secondary N) is 1. The molecule has 0 fully saturated rings. The zero-order chi connectivity index (χ0) is 22.3. The summed E-state index contributed by atoms with van der Waals surface area (Å²) in [5.41, 5.74) is 0.139. The zero-order valence-electron chi connectivity index (χ0n) is 16.9. The van der Waals surface area contributed by atoms with Crippen molar-refractivity contribution in [2.24, 2.45) is 5.92 Å². The van der Waals surface area contributed by atoms with Crippen LogP contribution in [-0.2, 0) is 20.9 Å². The first-order valence-corrected chi connectivity index (χ1v) is 9.32. The number of amides is 1. The molecule has 2 atom stereocenters. The maximum atomic E-state index is 12.6. The molecule has 30 heavy (non-hydrogen) atoms. The summed E-state index contributed by atoms with van der Waals surface area (Å²) in [6.45, 7) is 4.90. The van der Waals surface area contributed by atoms with Crippen molar-refractivity contribution >= 4 is 18.0 Å². The Bertz CT molecular complexity index is 953. The van der Waals surface area contributed by atoms with Crippen molar-refractivity contribution in [2.45, 2.75) is 39.6 Å². The summed E-state index contributed by atoms with van der Waals surface area (Å²) < 4.78 is 11.4. The van der Waals surface area contributed by atoms with Gasteiger partial charge in [-0.25, -0.2) is 14.4 Å². The first kappa shape index (κ1) is 22.7. The van der Waals surface area contributed by atoms with Gasteiger partial charge in [-0.05, 0) is 24.5 Å². The van der Waals surface area contributed by atoms with Gasteiger partial charge in [0, 0.05) is 12.3 Å². The van der Waals surface area contributed by atoms with E-state index in [9.17, 15) is 19.2 Å². The average molecular weight is 416 g/mol. The highest BCUT2D eigenvalue weighted by molar-refractivity contribution is 5.87. The SMILES string of the molecule is CC(C)[C@H](NC(=O)OCc1ccccc1)C(=O)OC(C)n1cc(C(=O)O)ccc1=O. The van der Waals surface area contributed by atoms with Crippen LogP contribution in [0.1, 0.15) is 42.9 Å². The van der Waals surface area contributed by atoms with Gasteiger partial charge in [0.25, 0.3) is 5.56 Å². The zero-order valence-corrected chi connectivity index (χ0v) is 16.9. The molecule has 2 aromatic rings. The van der Waals surface area contributed by atoms with Crippen LogP contribution in [0.4, 0.5) is 4.79 Å². The van der Waals surface area contributed by atoms with E-state index in [4.69, 9.17) is 14.6 Å². The highest BCUT2D eigenvalue weighted by Crippen LogP contribution is 2.12. The number of nitrogens with zero attached hydrogens (tertiary/aromatic N) is 1. The van der Waals surface area contributed by atoms with Crippen LogP contribution >= 0.6 is 0 Å². The third-order valence-electron chi connectivity index (χ3n) is 4.27. The third kappa shape index (κ3) is 6.20. The van der Waals surface area contributed by atoms with Crippen LogP contribution in [0.25, 0.3) is 0 Å². The van der Waals surface area contributed by atoms with Crippen molar-refractivity contribution in [3.05, 3.63) is 70.1 Å². The van der Waals surface area contributed by atoms with Gasteiger partial charge in [-0.2, -0.15) is 0 Å². The normalized spacial score (nSPS) is 12.7. The van der Waals surface area contributed by atoms with Crippen molar-refractivity contribution in [3.63, 3.8) is 0 Å². The summed E-state index contributed by atoms with van der Waals surface area (Å²) in [5, 5.41) is 11.5. The number of hydrogen-bond acceptors (Lipinski definition) is 6. The summed E-state index contributed by atoms with van der Waals surface area (Å²) in [6, 6.07) is 10.3. The number of pyridine rings is 1. The van der Waals surface area contributed by atoms with E-state index < -0.39 is 35.9 Å². The van der Waals surface area contributed by atoms with Crippen LogP contribution < -0.4 is 10.9 Å². The van der Waals surface area contributed by atoms with Crippen LogP contribution in [0, 0.1) is 5.92 Å². The Morgan fingerprint density at radius 2 is 1.73 bits per heavy atom. The maximum absolute atomic E-state index is 12.6. The molecule has 160 valence electrons. The van der Waals surface area contributed by atoms with Crippen LogP contribution in [0.3, 0.4) is 0 Å². The van der Waals surface area contributed by atoms with Gasteiger partial charge in [-0.1, -0.05) is 44.2 Å². The molecule has 0 aliphatic heterocycles. The standard InChI is InChI=1S/C21H24N2O7/c1-13(2)18(22-21(28)29-12-15-7-5-4-6-8-15)20(27)30-14(3)23-11-16(19(25)26)9-10-17(23)24/h4-11,13-14,18H,12H2,1-3H3,(H,22,28)(H,25,26)/t14?,18-/m0/s1. The number of alkyl carbamates (subject to hydrolysis) is 1. The molecule has 1 heterocycles. The molecular formula is C21H24N2O7. The maximum Gasteiger partial charge on any atom is 0.408 e. The number of carbonyl (C=O) groups excluding carboxylic acids is 2. The van der Waals surface area contributed by atoms with E-state index in [2.05, 4.69) is 5.32 Å². The second-order valence-corrected chi connectivity index (χ2v) is 6.93. The van der Waals surface area contributed by atoms with E-state index in [1.165, 1.54) is 6.92 Å². The Morgan fingerprint density at radius 3 is 2.33 bits per heavy atom. The van der Waals surface area contributed by atoms with Crippen molar-refractivity contribution in [1.82, 2.24) is 9.88 Å². The Labute approximate surface area is 173 Å². The van der Waals surface area contributed by atoms with Crippen molar-refractivity contribution < 1.29 is 29.0 Å². The van der Waals surface area contributed by atoms with E-state index in [1.807, 2.05) is 18.2 Å². The lowest BCUT2D eigenvalue weighted by molar-refractivity contribution is -0.156. The minimum absolute atomic E-state index is 0.0420. The summed E-state index contributed by atoms with van der Waals surface area (Å²) >= 11 is 0. The molecule has 0 bridgehead atoms. The number of benzene rings is 1. The van der Waals surface area contributed by atoms with E-state index in [1.54, 1.807) is 26.0 Å². The van der Waals surface area contributed by atoms with Gasteiger partial charge in [-0.15, -0.1) is 0 Å². The summed E-state index contributed by atoms with van der Waals surface area (Å²) in [6.07, 6.45) is -0.769. The third-order valence-corrected chi connectivity index (χ3v) is 4.27. The molecule has 0 saturated heterocycles.